The number of rotatable bonds is 5. The summed E-state index contributed by atoms with van der Waals surface area (Å²) in [5, 5.41) is 5.90. The predicted molar refractivity (Wildman–Crippen MR) is 76.9 cm³/mol. The molecule has 0 saturated heterocycles. The SMILES string of the molecule is CC(NCc1ccncn1)c1ccc(NC(N)=O)cc1. The predicted octanol–water partition coefficient (Wildman–Crippen LogP) is 1.82. The van der Waals surface area contributed by atoms with Gasteiger partial charge in [-0.25, -0.2) is 14.8 Å². The van der Waals surface area contributed by atoms with E-state index >= 15 is 0 Å². The Morgan fingerprint density at radius 3 is 2.65 bits per heavy atom. The summed E-state index contributed by atoms with van der Waals surface area (Å²) in [4.78, 5) is 18.8. The maximum Gasteiger partial charge on any atom is 0.316 e. The first-order chi connectivity index (χ1) is 9.65. The number of hydrogen-bond donors (Lipinski definition) is 3. The van der Waals surface area contributed by atoms with Gasteiger partial charge in [0, 0.05) is 24.5 Å². The minimum Gasteiger partial charge on any atom is -0.351 e. The number of nitrogens with two attached hydrogens (primary N) is 1. The number of aromatic nitrogens is 2. The summed E-state index contributed by atoms with van der Waals surface area (Å²) in [6.45, 7) is 2.74. The van der Waals surface area contributed by atoms with E-state index in [1.807, 2.05) is 30.3 Å². The van der Waals surface area contributed by atoms with E-state index in [0.29, 0.717) is 12.2 Å². The second-order valence-electron chi connectivity index (χ2n) is 4.41. The summed E-state index contributed by atoms with van der Waals surface area (Å²) < 4.78 is 0. The molecule has 104 valence electrons. The molecule has 0 bridgehead atoms. The third-order valence-corrected chi connectivity index (χ3v) is 2.91. The van der Waals surface area contributed by atoms with E-state index < -0.39 is 6.03 Å². The Hall–Kier alpha value is -2.47. The van der Waals surface area contributed by atoms with Gasteiger partial charge < -0.3 is 16.4 Å². The molecular weight excluding hydrogens is 254 g/mol. The maximum absolute atomic E-state index is 10.7. The summed E-state index contributed by atoms with van der Waals surface area (Å²) in [7, 11) is 0. The van der Waals surface area contributed by atoms with Crippen molar-refractivity contribution in [3.63, 3.8) is 0 Å². The number of carbonyl (C=O) groups is 1. The van der Waals surface area contributed by atoms with Crippen LogP contribution in [0.1, 0.15) is 24.2 Å². The van der Waals surface area contributed by atoms with Crippen molar-refractivity contribution in [1.82, 2.24) is 15.3 Å². The number of urea groups is 1. The van der Waals surface area contributed by atoms with Crippen LogP contribution in [0.15, 0.2) is 42.9 Å². The van der Waals surface area contributed by atoms with Gasteiger partial charge in [0.15, 0.2) is 0 Å². The number of anilines is 1. The lowest BCUT2D eigenvalue weighted by Gasteiger charge is -2.14. The average molecular weight is 271 g/mol. The van der Waals surface area contributed by atoms with E-state index in [-0.39, 0.29) is 6.04 Å². The Labute approximate surface area is 117 Å². The highest BCUT2D eigenvalue weighted by molar-refractivity contribution is 5.87. The molecule has 6 heteroatoms. The number of primary amides is 1. The molecule has 0 fully saturated rings. The molecule has 0 radical (unpaired) electrons. The molecule has 1 aromatic heterocycles. The Morgan fingerprint density at radius 2 is 2.05 bits per heavy atom. The van der Waals surface area contributed by atoms with E-state index in [9.17, 15) is 4.79 Å². The summed E-state index contributed by atoms with van der Waals surface area (Å²) in [5.41, 5.74) is 7.81. The Kier molecular flexibility index (Phi) is 4.62. The minimum absolute atomic E-state index is 0.174. The van der Waals surface area contributed by atoms with Crippen LogP contribution in [0, 0.1) is 0 Å². The summed E-state index contributed by atoms with van der Waals surface area (Å²) in [6, 6.07) is 9.03. The van der Waals surface area contributed by atoms with E-state index in [0.717, 1.165) is 11.3 Å². The third kappa shape index (κ3) is 4.03. The fourth-order valence-corrected chi connectivity index (χ4v) is 1.80. The fourth-order valence-electron chi connectivity index (χ4n) is 1.80. The van der Waals surface area contributed by atoms with Crippen molar-refractivity contribution >= 4 is 11.7 Å². The summed E-state index contributed by atoms with van der Waals surface area (Å²) in [6.07, 6.45) is 3.25. The van der Waals surface area contributed by atoms with Gasteiger partial charge in [-0.3, -0.25) is 0 Å². The zero-order chi connectivity index (χ0) is 14.4. The monoisotopic (exact) mass is 271 g/mol. The zero-order valence-electron chi connectivity index (χ0n) is 11.2. The van der Waals surface area contributed by atoms with Crippen LogP contribution < -0.4 is 16.4 Å². The van der Waals surface area contributed by atoms with Crippen molar-refractivity contribution < 1.29 is 4.79 Å². The second kappa shape index (κ2) is 6.63. The Bertz CT molecular complexity index is 556. The molecule has 0 aliphatic rings. The highest BCUT2D eigenvalue weighted by Crippen LogP contribution is 2.16. The quantitative estimate of drug-likeness (QED) is 0.773. The van der Waals surface area contributed by atoms with Crippen LogP contribution in [-0.2, 0) is 6.54 Å². The van der Waals surface area contributed by atoms with Gasteiger partial charge in [0.2, 0.25) is 0 Å². The normalized spacial score (nSPS) is 11.8. The molecular formula is C14H17N5O. The van der Waals surface area contributed by atoms with Crippen molar-refractivity contribution in [2.24, 2.45) is 5.73 Å². The van der Waals surface area contributed by atoms with Gasteiger partial charge in [-0.1, -0.05) is 12.1 Å². The van der Waals surface area contributed by atoms with Crippen LogP contribution >= 0.6 is 0 Å². The van der Waals surface area contributed by atoms with Gasteiger partial charge in [-0.15, -0.1) is 0 Å². The van der Waals surface area contributed by atoms with Gasteiger partial charge in [0.05, 0.1) is 5.69 Å². The minimum atomic E-state index is -0.562. The van der Waals surface area contributed by atoms with Gasteiger partial charge >= 0.3 is 6.03 Å². The number of hydrogen-bond acceptors (Lipinski definition) is 4. The van der Waals surface area contributed by atoms with Gasteiger partial charge in [0.25, 0.3) is 0 Å². The van der Waals surface area contributed by atoms with Crippen molar-refractivity contribution in [3.8, 4) is 0 Å². The summed E-state index contributed by atoms with van der Waals surface area (Å²) >= 11 is 0. The number of nitrogens with zero attached hydrogens (tertiary/aromatic N) is 2. The molecule has 1 unspecified atom stereocenters. The van der Waals surface area contributed by atoms with E-state index in [4.69, 9.17) is 5.73 Å². The molecule has 0 aliphatic carbocycles. The Balaban J connectivity index is 1.92. The second-order valence-corrected chi connectivity index (χ2v) is 4.41. The lowest BCUT2D eigenvalue weighted by Crippen LogP contribution is -2.20. The zero-order valence-corrected chi connectivity index (χ0v) is 11.2. The standard InChI is InChI=1S/C14H17N5O/c1-10(17-8-13-6-7-16-9-18-13)11-2-4-12(5-3-11)19-14(15)20/h2-7,9-10,17H,8H2,1H3,(H3,15,19,20). The largest absolute Gasteiger partial charge is 0.351 e. The van der Waals surface area contributed by atoms with Crippen molar-refractivity contribution in [3.05, 3.63) is 54.1 Å². The molecule has 2 rings (SSSR count). The van der Waals surface area contributed by atoms with Crippen molar-refractivity contribution in [2.45, 2.75) is 19.5 Å². The molecule has 0 saturated carbocycles. The van der Waals surface area contributed by atoms with Gasteiger partial charge in [-0.05, 0) is 30.7 Å². The van der Waals surface area contributed by atoms with E-state index in [1.165, 1.54) is 6.33 Å². The van der Waals surface area contributed by atoms with Crippen LogP contribution in [0.2, 0.25) is 0 Å². The van der Waals surface area contributed by atoms with Crippen LogP contribution in [0.25, 0.3) is 0 Å². The van der Waals surface area contributed by atoms with Crippen LogP contribution in [0.3, 0.4) is 0 Å². The molecule has 1 aromatic carbocycles. The summed E-state index contributed by atoms with van der Waals surface area (Å²) in [5.74, 6) is 0. The third-order valence-electron chi connectivity index (χ3n) is 2.91. The number of benzene rings is 1. The Morgan fingerprint density at radius 1 is 1.30 bits per heavy atom. The van der Waals surface area contributed by atoms with Crippen LogP contribution in [0.5, 0.6) is 0 Å². The van der Waals surface area contributed by atoms with Crippen molar-refractivity contribution in [1.29, 1.82) is 0 Å². The molecule has 20 heavy (non-hydrogen) atoms. The molecule has 2 aromatic rings. The number of nitrogens with one attached hydrogen (secondary N) is 2. The van der Waals surface area contributed by atoms with Crippen LogP contribution in [-0.4, -0.2) is 16.0 Å². The molecule has 0 aliphatic heterocycles. The molecule has 1 heterocycles. The first-order valence-corrected chi connectivity index (χ1v) is 6.30. The molecule has 2 amide bonds. The highest BCUT2D eigenvalue weighted by Gasteiger charge is 2.05. The topological polar surface area (TPSA) is 92.9 Å². The lowest BCUT2D eigenvalue weighted by atomic mass is 10.1. The smallest absolute Gasteiger partial charge is 0.316 e. The first-order valence-electron chi connectivity index (χ1n) is 6.30. The molecule has 0 spiro atoms. The molecule has 1 atom stereocenters. The fraction of sp³-hybridized carbons (Fsp3) is 0.214. The molecule has 6 nitrogen and oxygen atoms in total. The lowest BCUT2D eigenvalue weighted by molar-refractivity contribution is 0.259. The van der Waals surface area contributed by atoms with Crippen LogP contribution in [0.4, 0.5) is 10.5 Å². The highest BCUT2D eigenvalue weighted by atomic mass is 16.2. The number of carbonyl (C=O) groups excluding carboxylic acids is 1. The van der Waals surface area contributed by atoms with E-state index in [2.05, 4.69) is 27.5 Å². The first kappa shape index (κ1) is 14.0. The van der Waals surface area contributed by atoms with E-state index in [1.54, 1.807) is 6.20 Å². The average Bonchev–Trinajstić information content (AvgIpc) is 2.46. The maximum atomic E-state index is 10.7. The van der Waals surface area contributed by atoms with Gasteiger partial charge in [-0.2, -0.15) is 0 Å². The number of amides is 2. The van der Waals surface area contributed by atoms with Crippen molar-refractivity contribution in [2.75, 3.05) is 5.32 Å². The van der Waals surface area contributed by atoms with Gasteiger partial charge in [0.1, 0.15) is 6.33 Å². The molecule has 4 N–H and O–H groups in total.